The number of β-amino-alcohol motifs (C(OH)–C–C–N with tert-alkyl or cyclic N) is 1. The van der Waals surface area contributed by atoms with Gasteiger partial charge in [-0.05, 0) is 37.6 Å². The highest BCUT2D eigenvalue weighted by molar-refractivity contribution is 5.40. The second-order valence-corrected chi connectivity index (χ2v) is 4.88. The highest BCUT2D eigenvalue weighted by atomic mass is 19.3. The van der Waals surface area contributed by atoms with Crippen LogP contribution >= 0.6 is 0 Å². The summed E-state index contributed by atoms with van der Waals surface area (Å²) in [6.07, 6.45) is 1.33. The summed E-state index contributed by atoms with van der Waals surface area (Å²) in [6, 6.07) is 4.77. The van der Waals surface area contributed by atoms with Gasteiger partial charge in [-0.1, -0.05) is 0 Å². The average molecular weight is 287 g/mol. The number of rotatable bonds is 5. The minimum atomic E-state index is -2.85. The fourth-order valence-corrected chi connectivity index (χ4v) is 2.43. The fourth-order valence-electron chi connectivity index (χ4n) is 2.43. The molecule has 0 amide bonds. The van der Waals surface area contributed by atoms with Crippen molar-refractivity contribution in [3.05, 3.63) is 23.8 Å². The number of hydrogen-bond donors (Lipinski definition) is 1. The second-order valence-electron chi connectivity index (χ2n) is 4.88. The number of aliphatic hydroxyl groups excluding tert-OH is 1. The summed E-state index contributed by atoms with van der Waals surface area (Å²) in [5, 5.41) is 9.66. The molecule has 0 saturated carbocycles. The van der Waals surface area contributed by atoms with Crippen LogP contribution in [0.25, 0.3) is 0 Å². The van der Waals surface area contributed by atoms with Crippen molar-refractivity contribution in [2.24, 2.45) is 0 Å². The molecule has 1 unspecified atom stereocenters. The van der Waals surface area contributed by atoms with Crippen LogP contribution in [0.3, 0.4) is 0 Å². The lowest BCUT2D eigenvalue weighted by molar-refractivity contribution is -0.0510. The zero-order valence-electron chi connectivity index (χ0n) is 11.4. The van der Waals surface area contributed by atoms with Crippen LogP contribution in [0.1, 0.15) is 18.4 Å². The third kappa shape index (κ3) is 4.05. The first kappa shape index (κ1) is 15.0. The molecular formula is C14H19F2NO3. The third-order valence-corrected chi connectivity index (χ3v) is 3.36. The van der Waals surface area contributed by atoms with Crippen molar-refractivity contribution in [2.75, 3.05) is 20.2 Å². The van der Waals surface area contributed by atoms with E-state index in [9.17, 15) is 13.9 Å². The van der Waals surface area contributed by atoms with Gasteiger partial charge in [-0.25, -0.2) is 0 Å². The molecule has 1 aromatic rings. The van der Waals surface area contributed by atoms with Gasteiger partial charge in [0.1, 0.15) is 11.5 Å². The first-order valence-corrected chi connectivity index (χ1v) is 6.60. The molecule has 2 rings (SSSR count). The lowest BCUT2D eigenvalue weighted by Gasteiger charge is -2.30. The molecule has 1 saturated heterocycles. The summed E-state index contributed by atoms with van der Waals surface area (Å²) in [5.41, 5.74) is 0.638. The summed E-state index contributed by atoms with van der Waals surface area (Å²) in [6.45, 7) is -1.02. The topological polar surface area (TPSA) is 41.9 Å². The Hall–Kier alpha value is -1.40. The Morgan fingerprint density at radius 2 is 2.25 bits per heavy atom. The fraction of sp³-hybridized carbons (Fsp3) is 0.571. The van der Waals surface area contributed by atoms with E-state index in [2.05, 4.69) is 4.74 Å². The van der Waals surface area contributed by atoms with Crippen LogP contribution in [0.5, 0.6) is 11.5 Å². The molecule has 0 aliphatic carbocycles. The van der Waals surface area contributed by atoms with Crippen molar-refractivity contribution in [3.8, 4) is 11.5 Å². The van der Waals surface area contributed by atoms with Gasteiger partial charge >= 0.3 is 6.61 Å². The van der Waals surface area contributed by atoms with Crippen molar-refractivity contribution in [1.82, 2.24) is 4.90 Å². The Labute approximate surface area is 116 Å². The van der Waals surface area contributed by atoms with Gasteiger partial charge in [-0.2, -0.15) is 8.78 Å². The van der Waals surface area contributed by atoms with Crippen molar-refractivity contribution < 1.29 is 23.4 Å². The Morgan fingerprint density at radius 3 is 2.90 bits per heavy atom. The smallest absolute Gasteiger partial charge is 0.387 e. The molecule has 0 spiro atoms. The van der Waals surface area contributed by atoms with E-state index in [4.69, 9.17) is 4.74 Å². The van der Waals surface area contributed by atoms with Crippen molar-refractivity contribution in [2.45, 2.75) is 32.1 Å². The van der Waals surface area contributed by atoms with E-state index in [-0.39, 0.29) is 11.9 Å². The molecule has 1 fully saturated rings. The largest absolute Gasteiger partial charge is 0.497 e. The van der Waals surface area contributed by atoms with Gasteiger partial charge in [0.25, 0.3) is 0 Å². The van der Waals surface area contributed by atoms with Crippen molar-refractivity contribution >= 4 is 0 Å². The SMILES string of the molecule is COc1ccc(OC(F)F)c(CN2CCCC(O)C2)c1. The molecule has 1 N–H and O–H groups in total. The molecule has 1 aromatic carbocycles. The molecule has 1 aliphatic rings. The maximum atomic E-state index is 12.4. The van der Waals surface area contributed by atoms with Crippen LogP contribution in [0, 0.1) is 0 Å². The summed E-state index contributed by atoms with van der Waals surface area (Å²) < 4.78 is 34.5. The monoisotopic (exact) mass is 287 g/mol. The Morgan fingerprint density at radius 1 is 1.45 bits per heavy atom. The number of methoxy groups -OCH3 is 1. The maximum Gasteiger partial charge on any atom is 0.387 e. The van der Waals surface area contributed by atoms with Crippen molar-refractivity contribution in [1.29, 1.82) is 0 Å². The lowest BCUT2D eigenvalue weighted by Crippen LogP contribution is -2.37. The van der Waals surface area contributed by atoms with Gasteiger partial charge in [0.15, 0.2) is 0 Å². The number of piperidine rings is 1. The van der Waals surface area contributed by atoms with Gasteiger partial charge in [0.2, 0.25) is 0 Å². The Kier molecular flexibility index (Phi) is 5.14. The molecule has 0 aromatic heterocycles. The Balaban J connectivity index is 2.14. The summed E-state index contributed by atoms with van der Waals surface area (Å²) in [5.74, 6) is 0.750. The number of hydrogen-bond acceptors (Lipinski definition) is 4. The summed E-state index contributed by atoms with van der Waals surface area (Å²) in [7, 11) is 1.53. The average Bonchev–Trinajstić information content (AvgIpc) is 2.40. The van der Waals surface area contributed by atoms with Crippen LogP contribution < -0.4 is 9.47 Å². The first-order valence-electron chi connectivity index (χ1n) is 6.60. The molecule has 1 aliphatic heterocycles. The molecule has 0 bridgehead atoms. The molecule has 6 heteroatoms. The predicted octanol–water partition coefficient (Wildman–Crippen LogP) is 2.25. The van der Waals surface area contributed by atoms with Gasteiger partial charge in [-0.3, -0.25) is 4.90 Å². The predicted molar refractivity (Wildman–Crippen MR) is 70.1 cm³/mol. The molecule has 112 valence electrons. The second kappa shape index (κ2) is 6.85. The van der Waals surface area contributed by atoms with Gasteiger partial charge in [0.05, 0.1) is 13.2 Å². The molecule has 0 radical (unpaired) electrons. The lowest BCUT2D eigenvalue weighted by atomic mass is 10.1. The zero-order valence-corrected chi connectivity index (χ0v) is 11.4. The van der Waals surface area contributed by atoms with E-state index in [0.717, 1.165) is 19.4 Å². The van der Waals surface area contributed by atoms with Crippen LogP contribution in [0.4, 0.5) is 8.78 Å². The molecule has 20 heavy (non-hydrogen) atoms. The number of nitrogens with zero attached hydrogens (tertiary/aromatic N) is 1. The quantitative estimate of drug-likeness (QED) is 0.902. The maximum absolute atomic E-state index is 12.4. The third-order valence-electron chi connectivity index (χ3n) is 3.36. The van der Waals surface area contributed by atoms with E-state index in [1.165, 1.54) is 13.2 Å². The van der Waals surface area contributed by atoms with Crippen molar-refractivity contribution in [3.63, 3.8) is 0 Å². The van der Waals surface area contributed by atoms with E-state index >= 15 is 0 Å². The number of benzene rings is 1. The molecule has 4 nitrogen and oxygen atoms in total. The highest BCUT2D eigenvalue weighted by Gasteiger charge is 2.20. The standard InChI is InChI=1S/C14H19F2NO3/c1-19-12-4-5-13(20-14(15)16)10(7-12)8-17-6-2-3-11(18)9-17/h4-5,7,11,14,18H,2-3,6,8-9H2,1H3. The van der Waals surface area contributed by atoms with Crippen LogP contribution in [0.15, 0.2) is 18.2 Å². The van der Waals surface area contributed by atoms with E-state index in [0.29, 0.717) is 24.4 Å². The summed E-state index contributed by atoms with van der Waals surface area (Å²) >= 11 is 0. The molecule has 1 heterocycles. The number of ether oxygens (including phenoxy) is 2. The molecule has 1 atom stereocenters. The van der Waals surface area contributed by atoms with Crippen LogP contribution in [-0.2, 0) is 6.54 Å². The number of likely N-dealkylation sites (tertiary alicyclic amines) is 1. The van der Waals surface area contributed by atoms with E-state index in [1.54, 1.807) is 12.1 Å². The van der Waals surface area contributed by atoms with Gasteiger partial charge in [0, 0.05) is 18.7 Å². The van der Waals surface area contributed by atoms with Crippen LogP contribution in [-0.4, -0.2) is 42.9 Å². The number of halogens is 2. The van der Waals surface area contributed by atoms with Gasteiger partial charge < -0.3 is 14.6 Å². The van der Waals surface area contributed by atoms with Gasteiger partial charge in [-0.15, -0.1) is 0 Å². The zero-order chi connectivity index (χ0) is 14.5. The highest BCUT2D eigenvalue weighted by Crippen LogP contribution is 2.27. The van der Waals surface area contributed by atoms with E-state index < -0.39 is 6.61 Å². The minimum Gasteiger partial charge on any atom is -0.497 e. The number of alkyl halides is 2. The first-order chi connectivity index (χ1) is 9.58. The molecular weight excluding hydrogens is 268 g/mol. The normalized spacial score (nSPS) is 20.1. The minimum absolute atomic E-state index is 0.154. The Bertz CT molecular complexity index is 442. The number of aliphatic hydroxyl groups is 1. The summed E-state index contributed by atoms with van der Waals surface area (Å²) in [4.78, 5) is 2.03. The van der Waals surface area contributed by atoms with E-state index in [1.807, 2.05) is 4.90 Å². The van der Waals surface area contributed by atoms with Crippen LogP contribution in [0.2, 0.25) is 0 Å².